The van der Waals surface area contributed by atoms with Crippen LogP contribution in [0.3, 0.4) is 0 Å². The number of nitrogens with zero attached hydrogens (tertiary/aromatic N) is 1. The third-order valence-corrected chi connectivity index (χ3v) is 2.01. The Morgan fingerprint density at radius 3 is 2.27 bits per heavy atom. The molecule has 0 aliphatic rings. The van der Waals surface area contributed by atoms with Crippen LogP contribution in [-0.2, 0) is 9.53 Å². The number of ether oxygens (including phenoxy) is 1. The Hall–Kier alpha value is -0.750. The van der Waals surface area contributed by atoms with Crippen LogP contribution in [0.25, 0.3) is 0 Å². The molecule has 0 fully saturated rings. The fourth-order valence-electron chi connectivity index (χ4n) is 1.13. The zero-order valence-corrected chi connectivity index (χ0v) is 10.3. The lowest BCUT2D eigenvalue weighted by molar-refractivity contribution is -0.873. The molecule has 88 valence electrons. The maximum Gasteiger partial charge on any atom is 0.367 e. The summed E-state index contributed by atoms with van der Waals surface area (Å²) in [5.74, 6) is -0.956. The Labute approximate surface area is 94.0 Å². The number of hydrogen-bond acceptors (Lipinski definition) is 4. The molecular formula is C9H18NO4S+. The van der Waals surface area contributed by atoms with E-state index >= 15 is 0 Å². The summed E-state index contributed by atoms with van der Waals surface area (Å²) in [6, 6.07) is 0. The number of thioether (sulfide) groups is 1. The van der Waals surface area contributed by atoms with Gasteiger partial charge in [0.1, 0.15) is 6.54 Å². The molecule has 0 aliphatic heterocycles. The second kappa shape index (κ2) is 5.97. The van der Waals surface area contributed by atoms with Gasteiger partial charge in [-0.25, -0.2) is 4.79 Å². The molecule has 0 saturated carbocycles. The van der Waals surface area contributed by atoms with Gasteiger partial charge in [-0.15, -0.1) is 0 Å². The Kier molecular flexibility index (Phi) is 5.67. The Bertz CT molecular complexity index is 237. The van der Waals surface area contributed by atoms with Crippen molar-refractivity contribution in [1.82, 2.24) is 0 Å². The second-order valence-electron chi connectivity index (χ2n) is 4.26. The van der Waals surface area contributed by atoms with E-state index in [1.807, 2.05) is 21.1 Å². The number of quaternary nitrogens is 1. The molecule has 0 spiro atoms. The third kappa shape index (κ3) is 8.26. The molecule has 0 aromatic carbocycles. The van der Waals surface area contributed by atoms with Crippen molar-refractivity contribution in [3.63, 3.8) is 0 Å². The molecular weight excluding hydrogens is 218 g/mol. The molecule has 1 atom stereocenters. The third-order valence-electron chi connectivity index (χ3n) is 1.58. The minimum absolute atomic E-state index is 0.151. The van der Waals surface area contributed by atoms with E-state index in [2.05, 4.69) is 0 Å². The molecule has 0 amide bonds. The summed E-state index contributed by atoms with van der Waals surface area (Å²) in [5.41, 5.74) is 0. The fraction of sp³-hybridized carbons (Fsp3) is 0.778. The molecule has 0 unspecified atom stereocenters. The molecule has 0 rings (SSSR count). The first-order valence-corrected chi connectivity index (χ1v) is 5.74. The van der Waals surface area contributed by atoms with Gasteiger partial charge in [-0.05, 0) is 18.0 Å². The van der Waals surface area contributed by atoms with E-state index in [-0.39, 0.29) is 6.42 Å². The fourth-order valence-corrected chi connectivity index (χ4v) is 1.37. The first-order chi connectivity index (χ1) is 6.74. The van der Waals surface area contributed by atoms with Crippen LogP contribution >= 0.6 is 11.8 Å². The molecule has 0 aromatic heterocycles. The van der Waals surface area contributed by atoms with Crippen molar-refractivity contribution >= 4 is 23.0 Å². The smallest absolute Gasteiger partial charge is 0.367 e. The highest BCUT2D eigenvalue weighted by Gasteiger charge is 2.24. The van der Waals surface area contributed by atoms with Gasteiger partial charge in [0.15, 0.2) is 6.10 Å². The second-order valence-corrected chi connectivity index (χ2v) is 5.01. The number of carbonyl (C=O) groups is 2. The van der Waals surface area contributed by atoms with Crippen LogP contribution in [0.5, 0.6) is 0 Å². The maximum atomic E-state index is 11.0. The molecule has 0 heterocycles. The molecule has 5 nitrogen and oxygen atoms in total. The molecule has 0 radical (unpaired) electrons. The molecule has 15 heavy (non-hydrogen) atoms. The van der Waals surface area contributed by atoms with Crippen molar-refractivity contribution in [3.05, 3.63) is 0 Å². The minimum atomic E-state index is -0.956. The summed E-state index contributed by atoms with van der Waals surface area (Å²) in [6.07, 6.45) is 0.885. The standard InChI is InChI=1S/C9H17NO4S/c1-10(2,3)6-7(5-8(11)12)14-9(13)15-4/h7H,5-6H2,1-4H3/p+1/t7-/m0/s1. The van der Waals surface area contributed by atoms with E-state index in [9.17, 15) is 9.59 Å². The minimum Gasteiger partial charge on any atom is -0.481 e. The van der Waals surface area contributed by atoms with Crippen molar-refractivity contribution in [1.29, 1.82) is 0 Å². The average Bonchev–Trinajstić information content (AvgIpc) is 1.99. The van der Waals surface area contributed by atoms with Crippen molar-refractivity contribution in [2.75, 3.05) is 33.9 Å². The van der Waals surface area contributed by atoms with Crippen molar-refractivity contribution in [3.8, 4) is 0 Å². The molecule has 1 N–H and O–H groups in total. The largest absolute Gasteiger partial charge is 0.481 e. The van der Waals surface area contributed by atoms with E-state index < -0.39 is 17.4 Å². The summed E-state index contributed by atoms with van der Waals surface area (Å²) in [6.45, 7) is 0.485. The number of carboxylic acid groups (broad SMARTS) is 1. The average molecular weight is 236 g/mol. The normalized spacial score (nSPS) is 13.3. The number of likely N-dealkylation sites (N-methyl/N-ethyl adjacent to an activating group) is 1. The SMILES string of the molecule is CSC(=O)O[C@@H](CC(=O)O)C[N+](C)(C)C. The van der Waals surface area contributed by atoms with Gasteiger partial charge in [0.2, 0.25) is 0 Å². The van der Waals surface area contributed by atoms with Crippen LogP contribution in [-0.4, -0.2) is 60.9 Å². The lowest BCUT2D eigenvalue weighted by atomic mass is 10.2. The number of carboxylic acids is 1. The predicted octanol–water partition coefficient (Wildman–Crippen LogP) is 1.04. The van der Waals surface area contributed by atoms with Crippen LogP contribution in [0.2, 0.25) is 0 Å². The van der Waals surface area contributed by atoms with Gasteiger partial charge in [-0.3, -0.25) is 4.79 Å². The molecule has 0 aromatic rings. The van der Waals surface area contributed by atoms with Gasteiger partial charge < -0.3 is 14.3 Å². The van der Waals surface area contributed by atoms with Crippen LogP contribution < -0.4 is 0 Å². The van der Waals surface area contributed by atoms with Gasteiger partial charge in [-0.1, -0.05) is 0 Å². The molecule has 0 saturated heterocycles. The van der Waals surface area contributed by atoms with E-state index in [1.54, 1.807) is 6.26 Å². The van der Waals surface area contributed by atoms with Gasteiger partial charge in [-0.2, -0.15) is 0 Å². The highest BCUT2D eigenvalue weighted by molar-refractivity contribution is 8.12. The summed E-state index contributed by atoms with van der Waals surface area (Å²) < 4.78 is 5.57. The van der Waals surface area contributed by atoms with E-state index in [0.29, 0.717) is 11.0 Å². The summed E-state index contributed by atoms with van der Waals surface area (Å²) in [7, 11) is 5.76. The topological polar surface area (TPSA) is 63.6 Å². The highest BCUT2D eigenvalue weighted by atomic mass is 32.2. The van der Waals surface area contributed by atoms with E-state index in [4.69, 9.17) is 9.84 Å². The maximum absolute atomic E-state index is 11.0. The van der Waals surface area contributed by atoms with Gasteiger partial charge in [0, 0.05) is 0 Å². The number of hydrogen-bond donors (Lipinski definition) is 1. The lowest BCUT2D eigenvalue weighted by Gasteiger charge is -2.28. The lowest BCUT2D eigenvalue weighted by Crippen LogP contribution is -2.43. The summed E-state index contributed by atoms with van der Waals surface area (Å²) in [5, 5.41) is 8.23. The Morgan fingerprint density at radius 2 is 1.93 bits per heavy atom. The number of rotatable bonds is 5. The summed E-state index contributed by atoms with van der Waals surface area (Å²) >= 11 is 0.945. The van der Waals surface area contributed by atoms with Gasteiger partial charge >= 0.3 is 11.3 Å². The first kappa shape index (κ1) is 14.2. The van der Waals surface area contributed by atoms with Crippen molar-refractivity contribution in [2.45, 2.75) is 12.5 Å². The Balaban J connectivity index is 4.31. The van der Waals surface area contributed by atoms with Crippen molar-refractivity contribution < 1.29 is 23.9 Å². The molecule has 0 bridgehead atoms. The predicted molar refractivity (Wildman–Crippen MR) is 58.9 cm³/mol. The van der Waals surface area contributed by atoms with Gasteiger partial charge in [0.05, 0.1) is 27.6 Å². The van der Waals surface area contributed by atoms with Crippen molar-refractivity contribution in [2.24, 2.45) is 0 Å². The van der Waals surface area contributed by atoms with E-state index in [1.165, 1.54) is 0 Å². The zero-order chi connectivity index (χ0) is 12.1. The zero-order valence-electron chi connectivity index (χ0n) is 9.52. The monoisotopic (exact) mass is 236 g/mol. The molecule has 6 heteroatoms. The quantitative estimate of drug-likeness (QED) is 0.570. The number of aliphatic carboxylic acids is 1. The summed E-state index contributed by atoms with van der Waals surface area (Å²) in [4.78, 5) is 21.6. The van der Waals surface area contributed by atoms with Crippen LogP contribution in [0.1, 0.15) is 6.42 Å². The first-order valence-electron chi connectivity index (χ1n) is 4.51. The van der Waals surface area contributed by atoms with Crippen LogP contribution in [0.4, 0.5) is 4.79 Å². The number of carbonyl (C=O) groups excluding carboxylic acids is 1. The van der Waals surface area contributed by atoms with E-state index in [0.717, 1.165) is 11.8 Å². The van der Waals surface area contributed by atoms with Crippen LogP contribution in [0.15, 0.2) is 0 Å². The van der Waals surface area contributed by atoms with Gasteiger partial charge in [0.25, 0.3) is 0 Å². The Morgan fingerprint density at radius 1 is 1.40 bits per heavy atom. The highest BCUT2D eigenvalue weighted by Crippen LogP contribution is 2.09. The molecule has 0 aliphatic carbocycles. The van der Waals surface area contributed by atoms with Crippen LogP contribution in [0, 0.1) is 0 Å².